The van der Waals surface area contributed by atoms with Crippen molar-refractivity contribution in [2.24, 2.45) is 0 Å². The van der Waals surface area contributed by atoms with Crippen LogP contribution in [0.5, 0.6) is 0 Å². The number of anilines is 1. The lowest BCUT2D eigenvalue weighted by molar-refractivity contribution is -0.482. The molecule has 0 saturated carbocycles. The lowest BCUT2D eigenvalue weighted by Crippen LogP contribution is -2.20. The van der Waals surface area contributed by atoms with Gasteiger partial charge in [-0.1, -0.05) is 48.0 Å². The molecule has 0 aliphatic carbocycles. The van der Waals surface area contributed by atoms with E-state index in [1.54, 1.807) is 0 Å². The smallest absolute Gasteiger partial charge is 0.227 e. The molecule has 4 heteroatoms. The average Bonchev–Trinajstić information content (AvgIpc) is 2.39. The first kappa shape index (κ1) is 13.1. The summed E-state index contributed by atoms with van der Waals surface area (Å²) >= 11 is 0. The molecule has 0 aliphatic heterocycles. The normalized spacial score (nSPS) is 11.8. The van der Waals surface area contributed by atoms with Crippen molar-refractivity contribution in [1.82, 2.24) is 0 Å². The molecule has 0 radical (unpaired) electrons. The van der Waals surface area contributed by atoms with Crippen molar-refractivity contribution in [3.05, 3.63) is 75.8 Å². The Morgan fingerprint density at radius 3 is 2.32 bits per heavy atom. The molecular weight excluding hydrogens is 240 g/mol. The van der Waals surface area contributed by atoms with Gasteiger partial charge in [0.25, 0.3) is 0 Å². The van der Waals surface area contributed by atoms with E-state index < -0.39 is 0 Å². The van der Waals surface area contributed by atoms with Gasteiger partial charge in [0.1, 0.15) is 6.04 Å². The Morgan fingerprint density at radius 2 is 1.74 bits per heavy atom. The molecule has 1 unspecified atom stereocenters. The molecule has 1 N–H and O–H groups in total. The summed E-state index contributed by atoms with van der Waals surface area (Å²) in [7, 11) is 0. The van der Waals surface area contributed by atoms with E-state index in [1.807, 2.05) is 61.5 Å². The fourth-order valence-electron chi connectivity index (χ4n) is 1.92. The highest BCUT2D eigenvalue weighted by atomic mass is 16.6. The molecular formula is C15H16N2O2. The maximum Gasteiger partial charge on any atom is 0.227 e. The number of hydrogen-bond donors (Lipinski definition) is 1. The van der Waals surface area contributed by atoms with Crippen molar-refractivity contribution in [1.29, 1.82) is 0 Å². The van der Waals surface area contributed by atoms with Gasteiger partial charge < -0.3 is 5.32 Å². The maximum absolute atomic E-state index is 10.8. The molecule has 0 heterocycles. The number of para-hydroxylation sites is 1. The Hall–Kier alpha value is -2.36. The lowest BCUT2D eigenvalue weighted by atomic mass is 10.0. The van der Waals surface area contributed by atoms with E-state index in [4.69, 9.17) is 0 Å². The van der Waals surface area contributed by atoms with Gasteiger partial charge in [0.15, 0.2) is 0 Å². The molecule has 0 spiro atoms. The van der Waals surface area contributed by atoms with E-state index in [2.05, 4.69) is 5.32 Å². The van der Waals surface area contributed by atoms with Crippen LogP contribution in [0.2, 0.25) is 0 Å². The zero-order chi connectivity index (χ0) is 13.7. The predicted octanol–water partition coefficient (Wildman–Crippen LogP) is 3.42. The fraction of sp³-hybridized carbons (Fsp3) is 0.200. The molecule has 1 atom stereocenters. The van der Waals surface area contributed by atoms with Crippen LogP contribution < -0.4 is 5.32 Å². The minimum atomic E-state index is -0.321. The van der Waals surface area contributed by atoms with Crippen LogP contribution in [0.1, 0.15) is 17.2 Å². The Balaban J connectivity index is 2.20. The van der Waals surface area contributed by atoms with Crippen molar-refractivity contribution in [2.45, 2.75) is 13.0 Å². The fourth-order valence-corrected chi connectivity index (χ4v) is 1.92. The number of aryl methyl sites for hydroxylation is 1. The van der Waals surface area contributed by atoms with E-state index in [-0.39, 0.29) is 17.5 Å². The lowest BCUT2D eigenvalue weighted by Gasteiger charge is -2.16. The highest BCUT2D eigenvalue weighted by Crippen LogP contribution is 2.20. The molecule has 2 aromatic carbocycles. The number of nitrogens with zero attached hydrogens (tertiary/aromatic N) is 1. The van der Waals surface area contributed by atoms with Gasteiger partial charge >= 0.3 is 0 Å². The number of benzene rings is 2. The summed E-state index contributed by atoms with van der Waals surface area (Å²) in [6.07, 6.45) is 0. The van der Waals surface area contributed by atoms with Crippen LogP contribution in [0.15, 0.2) is 54.6 Å². The molecule has 0 amide bonds. The van der Waals surface area contributed by atoms with Crippen molar-refractivity contribution in [3.63, 3.8) is 0 Å². The second-order valence-electron chi connectivity index (χ2n) is 4.49. The first-order chi connectivity index (χ1) is 9.15. The molecule has 0 saturated heterocycles. The van der Waals surface area contributed by atoms with Crippen molar-refractivity contribution in [3.8, 4) is 0 Å². The van der Waals surface area contributed by atoms with Gasteiger partial charge in [-0.25, -0.2) is 0 Å². The zero-order valence-corrected chi connectivity index (χ0v) is 10.7. The van der Waals surface area contributed by atoms with Gasteiger partial charge in [-0.05, 0) is 24.6 Å². The molecule has 2 aromatic rings. The third kappa shape index (κ3) is 3.81. The van der Waals surface area contributed by atoms with Crippen LogP contribution in [0.3, 0.4) is 0 Å². The van der Waals surface area contributed by atoms with Crippen LogP contribution in [-0.4, -0.2) is 11.5 Å². The van der Waals surface area contributed by atoms with Crippen LogP contribution >= 0.6 is 0 Å². The molecule has 4 nitrogen and oxygen atoms in total. The maximum atomic E-state index is 10.8. The van der Waals surface area contributed by atoms with Gasteiger partial charge in [0.05, 0.1) is 0 Å². The number of nitrogens with one attached hydrogen (secondary N) is 1. The largest absolute Gasteiger partial charge is 0.372 e. The van der Waals surface area contributed by atoms with Gasteiger partial charge in [-0.2, -0.15) is 0 Å². The standard InChI is InChI=1S/C15H16N2O2/c1-12-7-9-13(10-8-12)15(11-17(18)19)16-14-5-3-2-4-6-14/h2-10,15-16H,11H2,1H3. The second-order valence-corrected chi connectivity index (χ2v) is 4.49. The summed E-state index contributed by atoms with van der Waals surface area (Å²) in [5.74, 6) is 0. The van der Waals surface area contributed by atoms with E-state index in [9.17, 15) is 10.1 Å². The first-order valence-electron chi connectivity index (χ1n) is 6.15. The predicted molar refractivity (Wildman–Crippen MR) is 75.8 cm³/mol. The van der Waals surface area contributed by atoms with Gasteiger partial charge in [0, 0.05) is 10.6 Å². The van der Waals surface area contributed by atoms with E-state index in [0.29, 0.717) is 0 Å². The van der Waals surface area contributed by atoms with Crippen molar-refractivity contribution in [2.75, 3.05) is 11.9 Å². The number of rotatable bonds is 5. The van der Waals surface area contributed by atoms with E-state index >= 15 is 0 Å². The highest BCUT2D eigenvalue weighted by molar-refractivity contribution is 5.45. The molecule has 0 bridgehead atoms. The van der Waals surface area contributed by atoms with Gasteiger partial charge in [-0.15, -0.1) is 0 Å². The van der Waals surface area contributed by atoms with Crippen molar-refractivity contribution < 1.29 is 4.92 Å². The molecule has 98 valence electrons. The van der Waals surface area contributed by atoms with E-state index in [0.717, 1.165) is 16.8 Å². The molecule has 0 fully saturated rings. The van der Waals surface area contributed by atoms with Crippen molar-refractivity contribution >= 4 is 5.69 Å². The Bertz CT molecular complexity index is 538. The summed E-state index contributed by atoms with van der Waals surface area (Å²) in [6, 6.07) is 17.0. The van der Waals surface area contributed by atoms with Crippen LogP contribution in [0.4, 0.5) is 5.69 Å². The summed E-state index contributed by atoms with van der Waals surface area (Å²) in [5.41, 5.74) is 2.95. The minimum absolute atomic E-state index is 0.141. The first-order valence-corrected chi connectivity index (χ1v) is 6.15. The molecule has 19 heavy (non-hydrogen) atoms. The summed E-state index contributed by atoms with van der Waals surface area (Å²) < 4.78 is 0. The zero-order valence-electron chi connectivity index (χ0n) is 10.7. The third-order valence-electron chi connectivity index (χ3n) is 2.93. The average molecular weight is 256 g/mol. The molecule has 0 aliphatic rings. The minimum Gasteiger partial charge on any atom is -0.372 e. The summed E-state index contributed by atoms with van der Waals surface area (Å²) in [6.45, 7) is 1.86. The third-order valence-corrected chi connectivity index (χ3v) is 2.93. The monoisotopic (exact) mass is 256 g/mol. The highest BCUT2D eigenvalue weighted by Gasteiger charge is 2.17. The summed E-state index contributed by atoms with van der Waals surface area (Å²) in [4.78, 5) is 10.5. The number of nitro groups is 1. The van der Waals surface area contributed by atoms with Crippen LogP contribution in [-0.2, 0) is 0 Å². The quantitative estimate of drug-likeness (QED) is 0.658. The second kappa shape index (κ2) is 6.00. The topological polar surface area (TPSA) is 55.2 Å². The molecule has 2 rings (SSSR count). The Morgan fingerprint density at radius 1 is 1.11 bits per heavy atom. The van der Waals surface area contributed by atoms with Gasteiger partial charge in [0.2, 0.25) is 6.54 Å². The number of hydrogen-bond acceptors (Lipinski definition) is 3. The van der Waals surface area contributed by atoms with Gasteiger partial charge in [-0.3, -0.25) is 10.1 Å². The summed E-state index contributed by atoms with van der Waals surface area (Å²) in [5, 5.41) is 14.0. The Labute approximate surface area is 112 Å². The SMILES string of the molecule is Cc1ccc(C(C[N+](=O)[O-])Nc2ccccc2)cc1. The molecule has 0 aromatic heterocycles. The van der Waals surface area contributed by atoms with E-state index in [1.165, 1.54) is 0 Å². The Kier molecular flexibility index (Phi) is 4.13. The van der Waals surface area contributed by atoms with Crippen LogP contribution in [0, 0.1) is 17.0 Å². The van der Waals surface area contributed by atoms with Crippen LogP contribution in [0.25, 0.3) is 0 Å².